The van der Waals surface area contributed by atoms with Crippen molar-refractivity contribution in [3.63, 3.8) is 0 Å². The van der Waals surface area contributed by atoms with Crippen molar-refractivity contribution in [1.29, 1.82) is 0 Å². The van der Waals surface area contributed by atoms with E-state index in [1.54, 1.807) is 23.1 Å². The van der Waals surface area contributed by atoms with Crippen LogP contribution in [0.3, 0.4) is 0 Å². The summed E-state index contributed by atoms with van der Waals surface area (Å²) in [6, 6.07) is 0. The van der Waals surface area contributed by atoms with Gasteiger partial charge in [0.15, 0.2) is 0 Å². The van der Waals surface area contributed by atoms with E-state index in [2.05, 4.69) is 16.6 Å². The second-order valence-corrected chi connectivity index (χ2v) is 5.69. The zero-order chi connectivity index (χ0) is 11.3. The van der Waals surface area contributed by atoms with Gasteiger partial charge in [-0.15, -0.1) is 11.3 Å². The second kappa shape index (κ2) is 6.12. The molecule has 0 atom stereocenters. The number of aromatic nitrogens is 1. The van der Waals surface area contributed by atoms with Crippen molar-refractivity contribution in [3.8, 4) is 0 Å². The molecule has 0 saturated heterocycles. The smallest absolute Gasteiger partial charge is 0.305 e. The molecule has 0 bridgehead atoms. The zero-order valence-electron chi connectivity index (χ0n) is 9.20. The summed E-state index contributed by atoms with van der Waals surface area (Å²) < 4.78 is 5.66. The molecule has 1 heterocycles. The van der Waals surface area contributed by atoms with Crippen LogP contribution in [-0.4, -0.2) is 23.8 Å². The minimum atomic E-state index is -0.137. The van der Waals surface area contributed by atoms with Crippen LogP contribution in [-0.2, 0) is 9.53 Å². The van der Waals surface area contributed by atoms with Gasteiger partial charge in [-0.3, -0.25) is 4.79 Å². The molecular formula is C10H15NO2S2. The van der Waals surface area contributed by atoms with E-state index in [1.165, 1.54) is 12.0 Å². The van der Waals surface area contributed by atoms with Gasteiger partial charge in [-0.1, -0.05) is 11.8 Å². The average Bonchev–Trinajstić information content (AvgIpc) is 2.53. The van der Waals surface area contributed by atoms with E-state index in [0.717, 1.165) is 22.2 Å². The van der Waals surface area contributed by atoms with Crippen LogP contribution in [0.15, 0.2) is 4.34 Å². The van der Waals surface area contributed by atoms with E-state index in [-0.39, 0.29) is 5.97 Å². The van der Waals surface area contributed by atoms with Gasteiger partial charge in [-0.05, 0) is 20.3 Å². The molecule has 0 spiro atoms. The highest BCUT2D eigenvalue weighted by Gasteiger charge is 2.05. The average molecular weight is 245 g/mol. The van der Waals surface area contributed by atoms with Crippen molar-refractivity contribution in [3.05, 3.63) is 10.6 Å². The summed E-state index contributed by atoms with van der Waals surface area (Å²) in [4.78, 5) is 16.5. The predicted molar refractivity (Wildman–Crippen MR) is 63.6 cm³/mol. The maximum absolute atomic E-state index is 10.8. The van der Waals surface area contributed by atoms with Crippen molar-refractivity contribution in [2.75, 3.05) is 12.9 Å². The van der Waals surface area contributed by atoms with Gasteiger partial charge in [0.25, 0.3) is 0 Å². The summed E-state index contributed by atoms with van der Waals surface area (Å²) in [7, 11) is 1.42. The molecule has 1 aromatic rings. The topological polar surface area (TPSA) is 39.2 Å². The predicted octanol–water partition coefficient (Wildman–Crippen LogP) is 2.81. The summed E-state index contributed by atoms with van der Waals surface area (Å²) in [5, 5.41) is 0. The van der Waals surface area contributed by atoms with Gasteiger partial charge >= 0.3 is 5.97 Å². The molecular weight excluding hydrogens is 230 g/mol. The van der Waals surface area contributed by atoms with Gasteiger partial charge < -0.3 is 4.74 Å². The van der Waals surface area contributed by atoms with Crippen LogP contribution < -0.4 is 0 Å². The van der Waals surface area contributed by atoms with Gasteiger partial charge in [-0.25, -0.2) is 4.98 Å². The highest BCUT2D eigenvalue weighted by atomic mass is 32.2. The first kappa shape index (κ1) is 12.5. The first-order valence-corrected chi connectivity index (χ1v) is 6.57. The standard InChI is InChI=1S/C10H15NO2S2/c1-7-8(2)15-10(11-7)14-6-4-5-9(12)13-3/h4-6H2,1-3H3. The number of thioether (sulfide) groups is 1. The van der Waals surface area contributed by atoms with Crippen molar-refractivity contribution in [2.45, 2.75) is 31.0 Å². The van der Waals surface area contributed by atoms with E-state index in [1.807, 2.05) is 6.92 Å². The molecule has 0 aliphatic carbocycles. The van der Waals surface area contributed by atoms with Crippen molar-refractivity contribution >= 4 is 29.1 Å². The van der Waals surface area contributed by atoms with Gasteiger partial charge in [0.05, 0.1) is 12.8 Å². The lowest BCUT2D eigenvalue weighted by molar-refractivity contribution is -0.140. The fraction of sp³-hybridized carbons (Fsp3) is 0.600. The van der Waals surface area contributed by atoms with Crippen LogP contribution in [0.2, 0.25) is 0 Å². The number of hydrogen-bond acceptors (Lipinski definition) is 5. The highest BCUT2D eigenvalue weighted by Crippen LogP contribution is 2.26. The maximum Gasteiger partial charge on any atom is 0.305 e. The maximum atomic E-state index is 10.8. The van der Waals surface area contributed by atoms with Crippen molar-refractivity contribution in [2.24, 2.45) is 0 Å². The molecule has 3 nitrogen and oxygen atoms in total. The number of ether oxygens (including phenoxy) is 1. The number of esters is 1. The number of nitrogens with zero attached hydrogens (tertiary/aromatic N) is 1. The van der Waals surface area contributed by atoms with Gasteiger partial charge in [0.1, 0.15) is 4.34 Å². The van der Waals surface area contributed by atoms with Crippen LogP contribution in [0, 0.1) is 13.8 Å². The van der Waals surface area contributed by atoms with E-state index >= 15 is 0 Å². The number of carbonyl (C=O) groups is 1. The molecule has 0 aliphatic rings. The van der Waals surface area contributed by atoms with Crippen LogP contribution in [0.1, 0.15) is 23.4 Å². The monoisotopic (exact) mass is 245 g/mol. The first-order valence-electron chi connectivity index (χ1n) is 4.77. The molecule has 5 heteroatoms. The van der Waals surface area contributed by atoms with E-state index < -0.39 is 0 Å². The first-order chi connectivity index (χ1) is 7.13. The lowest BCUT2D eigenvalue weighted by atomic mass is 10.3. The Balaban J connectivity index is 2.23. The van der Waals surface area contributed by atoms with Gasteiger partial charge in [-0.2, -0.15) is 0 Å². The molecule has 0 aliphatic heterocycles. The molecule has 0 fully saturated rings. The van der Waals surface area contributed by atoms with Gasteiger partial charge in [0.2, 0.25) is 0 Å². The molecule has 0 N–H and O–H groups in total. The van der Waals surface area contributed by atoms with E-state index in [9.17, 15) is 4.79 Å². The van der Waals surface area contributed by atoms with Crippen LogP contribution >= 0.6 is 23.1 Å². The normalized spacial score (nSPS) is 10.3. The van der Waals surface area contributed by atoms with Crippen LogP contribution in [0.5, 0.6) is 0 Å². The largest absolute Gasteiger partial charge is 0.469 e. The molecule has 1 aromatic heterocycles. The number of rotatable bonds is 5. The summed E-state index contributed by atoms with van der Waals surface area (Å²) in [5.41, 5.74) is 1.11. The minimum Gasteiger partial charge on any atom is -0.469 e. The molecule has 84 valence electrons. The third kappa shape index (κ3) is 4.22. The number of carbonyl (C=O) groups excluding carboxylic acids is 1. The Morgan fingerprint density at radius 2 is 2.27 bits per heavy atom. The second-order valence-electron chi connectivity index (χ2n) is 3.15. The van der Waals surface area contributed by atoms with Crippen LogP contribution in [0.4, 0.5) is 0 Å². The number of aryl methyl sites for hydroxylation is 2. The SMILES string of the molecule is COC(=O)CCCSc1nc(C)c(C)s1. The lowest BCUT2D eigenvalue weighted by Gasteiger charge is -1.97. The van der Waals surface area contributed by atoms with Gasteiger partial charge in [0, 0.05) is 17.1 Å². The molecule has 0 aromatic carbocycles. The Kier molecular flexibility index (Phi) is 5.11. The van der Waals surface area contributed by atoms with Crippen LogP contribution in [0.25, 0.3) is 0 Å². The Morgan fingerprint density at radius 3 is 2.80 bits per heavy atom. The highest BCUT2D eigenvalue weighted by molar-refractivity contribution is 8.01. The zero-order valence-corrected chi connectivity index (χ0v) is 10.8. The summed E-state index contributed by atoms with van der Waals surface area (Å²) in [6.07, 6.45) is 1.34. The third-order valence-electron chi connectivity index (χ3n) is 1.99. The van der Waals surface area contributed by atoms with E-state index in [4.69, 9.17) is 0 Å². The molecule has 0 saturated carbocycles. The number of thiazole rings is 1. The molecule has 1 rings (SSSR count). The molecule has 0 amide bonds. The third-order valence-corrected chi connectivity index (χ3v) is 4.29. The summed E-state index contributed by atoms with van der Waals surface area (Å²) in [5.74, 6) is 0.781. The molecule has 15 heavy (non-hydrogen) atoms. The number of methoxy groups -OCH3 is 1. The minimum absolute atomic E-state index is 0.137. The fourth-order valence-corrected chi connectivity index (χ4v) is 3.15. The Bertz CT molecular complexity index is 317. The fourth-order valence-electron chi connectivity index (χ4n) is 0.983. The van der Waals surface area contributed by atoms with Crippen molar-refractivity contribution < 1.29 is 9.53 Å². The number of hydrogen-bond donors (Lipinski definition) is 0. The molecule has 0 unspecified atom stereocenters. The Labute approximate surface area is 98.2 Å². The lowest BCUT2D eigenvalue weighted by Crippen LogP contribution is -1.99. The molecule has 0 radical (unpaired) electrons. The summed E-state index contributed by atoms with van der Waals surface area (Å²) >= 11 is 3.42. The Morgan fingerprint density at radius 1 is 1.53 bits per heavy atom. The van der Waals surface area contributed by atoms with Crippen molar-refractivity contribution in [1.82, 2.24) is 4.98 Å². The van der Waals surface area contributed by atoms with E-state index in [0.29, 0.717) is 6.42 Å². The quantitative estimate of drug-likeness (QED) is 0.454. The Hall–Kier alpha value is -0.550. The summed E-state index contributed by atoms with van der Waals surface area (Å²) in [6.45, 7) is 4.09.